The first kappa shape index (κ1) is 23.3. The average molecular weight is 453 g/mol. The van der Waals surface area contributed by atoms with Crippen LogP contribution in [0, 0.1) is 20.8 Å². The second kappa shape index (κ2) is 10.3. The van der Waals surface area contributed by atoms with E-state index in [1.165, 1.54) is 16.4 Å². The first-order valence-electron chi connectivity index (χ1n) is 10.4. The fourth-order valence-electron chi connectivity index (χ4n) is 3.19. The minimum atomic E-state index is -3.92. The molecule has 0 aliphatic carbocycles. The van der Waals surface area contributed by atoms with E-state index in [-0.39, 0.29) is 24.6 Å². The van der Waals surface area contributed by atoms with E-state index in [0.717, 1.165) is 16.7 Å². The molecule has 0 radical (unpaired) electrons. The molecule has 3 aromatic rings. The van der Waals surface area contributed by atoms with E-state index in [0.29, 0.717) is 11.4 Å². The molecule has 0 heterocycles. The van der Waals surface area contributed by atoms with Crippen molar-refractivity contribution >= 4 is 21.6 Å². The molecule has 0 aromatic heterocycles. The molecule has 6 nitrogen and oxygen atoms in total. The van der Waals surface area contributed by atoms with Crippen LogP contribution in [0.1, 0.15) is 16.7 Å². The molecule has 3 aromatic carbocycles. The van der Waals surface area contributed by atoms with Gasteiger partial charge in [0.15, 0.2) is 0 Å². The third-order valence-corrected chi connectivity index (χ3v) is 6.74. The number of ether oxygens (including phenoxy) is 1. The third-order valence-electron chi connectivity index (χ3n) is 4.97. The number of amides is 1. The number of hydrogen-bond donors (Lipinski definition) is 1. The van der Waals surface area contributed by atoms with Gasteiger partial charge in [0.2, 0.25) is 5.91 Å². The van der Waals surface area contributed by atoms with E-state index < -0.39 is 15.9 Å². The molecule has 168 valence electrons. The number of anilines is 1. The summed E-state index contributed by atoms with van der Waals surface area (Å²) in [6, 6.07) is 21.3. The number of nitrogens with zero attached hydrogens (tertiary/aromatic N) is 1. The Labute approximate surface area is 189 Å². The van der Waals surface area contributed by atoms with Crippen molar-refractivity contribution < 1.29 is 17.9 Å². The van der Waals surface area contributed by atoms with Crippen LogP contribution in [0.2, 0.25) is 0 Å². The van der Waals surface area contributed by atoms with Crippen molar-refractivity contribution in [3.8, 4) is 5.75 Å². The second-order valence-electron chi connectivity index (χ2n) is 7.63. The number of carbonyl (C=O) groups is 1. The number of hydrogen-bond acceptors (Lipinski definition) is 4. The van der Waals surface area contributed by atoms with Crippen molar-refractivity contribution in [2.45, 2.75) is 25.7 Å². The van der Waals surface area contributed by atoms with Gasteiger partial charge >= 0.3 is 0 Å². The molecule has 32 heavy (non-hydrogen) atoms. The molecule has 1 N–H and O–H groups in total. The van der Waals surface area contributed by atoms with Crippen LogP contribution in [0.3, 0.4) is 0 Å². The maximum atomic E-state index is 13.4. The molecule has 0 spiro atoms. The number of nitrogens with one attached hydrogen (secondary N) is 1. The Hall–Kier alpha value is -3.32. The highest BCUT2D eigenvalue weighted by atomic mass is 32.2. The quantitative estimate of drug-likeness (QED) is 0.498. The van der Waals surface area contributed by atoms with Crippen molar-refractivity contribution in [3.63, 3.8) is 0 Å². The van der Waals surface area contributed by atoms with Crippen LogP contribution in [0.4, 0.5) is 5.69 Å². The van der Waals surface area contributed by atoms with E-state index in [1.54, 1.807) is 24.3 Å². The van der Waals surface area contributed by atoms with Crippen molar-refractivity contribution in [1.82, 2.24) is 5.32 Å². The monoisotopic (exact) mass is 452 g/mol. The van der Waals surface area contributed by atoms with Crippen molar-refractivity contribution in [2.75, 3.05) is 24.0 Å². The topological polar surface area (TPSA) is 75.7 Å². The molecule has 7 heteroatoms. The molecule has 0 bridgehead atoms. The summed E-state index contributed by atoms with van der Waals surface area (Å²) in [5, 5.41) is 2.75. The van der Waals surface area contributed by atoms with Crippen molar-refractivity contribution in [1.29, 1.82) is 0 Å². The smallest absolute Gasteiger partial charge is 0.264 e. The lowest BCUT2D eigenvalue weighted by atomic mass is 10.1. The van der Waals surface area contributed by atoms with E-state index in [2.05, 4.69) is 5.32 Å². The Bertz CT molecular complexity index is 1160. The third kappa shape index (κ3) is 5.88. The lowest BCUT2D eigenvalue weighted by Gasteiger charge is -2.26. The summed E-state index contributed by atoms with van der Waals surface area (Å²) in [6.45, 7) is 5.93. The van der Waals surface area contributed by atoms with Gasteiger partial charge in [-0.3, -0.25) is 9.10 Å². The van der Waals surface area contributed by atoms with Crippen molar-refractivity contribution in [2.24, 2.45) is 0 Å². The highest BCUT2D eigenvalue weighted by Crippen LogP contribution is 2.27. The van der Waals surface area contributed by atoms with Gasteiger partial charge in [-0.25, -0.2) is 8.42 Å². The maximum absolute atomic E-state index is 13.4. The molecule has 0 aliphatic heterocycles. The molecule has 0 aliphatic rings. The predicted molar refractivity (Wildman–Crippen MR) is 127 cm³/mol. The summed E-state index contributed by atoms with van der Waals surface area (Å²) in [5.74, 6) is 0.312. The van der Waals surface area contributed by atoms with Gasteiger partial charge in [0.1, 0.15) is 18.9 Å². The average Bonchev–Trinajstić information content (AvgIpc) is 2.78. The zero-order valence-corrected chi connectivity index (χ0v) is 19.4. The van der Waals surface area contributed by atoms with E-state index in [9.17, 15) is 13.2 Å². The van der Waals surface area contributed by atoms with E-state index >= 15 is 0 Å². The van der Waals surface area contributed by atoms with Crippen LogP contribution in [0.5, 0.6) is 5.75 Å². The first-order valence-corrected chi connectivity index (χ1v) is 11.8. The van der Waals surface area contributed by atoms with Crippen LogP contribution in [-0.2, 0) is 14.8 Å². The summed E-state index contributed by atoms with van der Waals surface area (Å²) in [4.78, 5) is 12.8. The molecule has 0 fully saturated rings. The van der Waals surface area contributed by atoms with Crippen LogP contribution < -0.4 is 14.4 Å². The standard InChI is InChI=1S/C25H28N2O4S/c1-19-10-13-22(14-11-19)31-16-15-26-25(28)18-27(24-17-20(2)9-12-21(24)3)32(29,30)23-7-5-4-6-8-23/h4-14,17H,15-16,18H2,1-3H3,(H,26,28). The SMILES string of the molecule is Cc1ccc(OCCNC(=O)CN(c2cc(C)ccc2C)S(=O)(=O)c2ccccc2)cc1. The normalized spacial score (nSPS) is 11.1. The molecule has 0 saturated carbocycles. The fraction of sp³-hybridized carbons (Fsp3) is 0.240. The van der Waals surface area contributed by atoms with E-state index in [1.807, 2.05) is 57.2 Å². The fourth-order valence-corrected chi connectivity index (χ4v) is 4.69. The highest BCUT2D eigenvalue weighted by molar-refractivity contribution is 7.92. The summed E-state index contributed by atoms with van der Waals surface area (Å²) in [5.41, 5.74) is 3.30. The lowest BCUT2D eigenvalue weighted by Crippen LogP contribution is -2.42. The molecular formula is C25H28N2O4S. The Morgan fingerprint density at radius 3 is 2.25 bits per heavy atom. The largest absolute Gasteiger partial charge is 0.492 e. The Morgan fingerprint density at radius 2 is 1.56 bits per heavy atom. The van der Waals surface area contributed by atoms with Crippen LogP contribution >= 0.6 is 0 Å². The zero-order valence-electron chi connectivity index (χ0n) is 18.5. The summed E-state index contributed by atoms with van der Waals surface area (Å²) in [7, 11) is -3.92. The number of sulfonamides is 1. The second-order valence-corrected chi connectivity index (χ2v) is 9.49. The van der Waals surface area contributed by atoms with Crippen LogP contribution in [0.15, 0.2) is 77.7 Å². The molecular weight excluding hydrogens is 424 g/mol. The Kier molecular flexibility index (Phi) is 7.53. The van der Waals surface area contributed by atoms with Gasteiger partial charge in [-0.05, 0) is 62.2 Å². The zero-order chi connectivity index (χ0) is 23.1. The Balaban J connectivity index is 1.73. The van der Waals surface area contributed by atoms with Gasteiger partial charge in [0, 0.05) is 0 Å². The molecule has 0 saturated heterocycles. The first-order chi connectivity index (χ1) is 15.3. The lowest BCUT2D eigenvalue weighted by molar-refractivity contribution is -0.119. The van der Waals surface area contributed by atoms with Crippen LogP contribution in [0.25, 0.3) is 0 Å². The number of benzene rings is 3. The van der Waals surface area contributed by atoms with E-state index in [4.69, 9.17) is 4.74 Å². The molecule has 3 rings (SSSR count). The summed E-state index contributed by atoms with van der Waals surface area (Å²) >= 11 is 0. The molecule has 0 atom stereocenters. The highest BCUT2D eigenvalue weighted by Gasteiger charge is 2.28. The van der Waals surface area contributed by atoms with Gasteiger partial charge in [0.25, 0.3) is 10.0 Å². The minimum Gasteiger partial charge on any atom is -0.492 e. The number of aryl methyl sites for hydroxylation is 3. The Morgan fingerprint density at radius 1 is 0.906 bits per heavy atom. The van der Waals surface area contributed by atoms with Gasteiger partial charge in [0.05, 0.1) is 17.1 Å². The van der Waals surface area contributed by atoms with Crippen LogP contribution in [-0.4, -0.2) is 34.0 Å². The molecule has 1 amide bonds. The van der Waals surface area contributed by atoms with Crippen molar-refractivity contribution in [3.05, 3.63) is 89.5 Å². The van der Waals surface area contributed by atoms with Gasteiger partial charge < -0.3 is 10.1 Å². The minimum absolute atomic E-state index is 0.136. The van der Waals surface area contributed by atoms with Gasteiger partial charge in [-0.15, -0.1) is 0 Å². The summed E-state index contributed by atoms with van der Waals surface area (Å²) in [6.07, 6.45) is 0. The summed E-state index contributed by atoms with van der Waals surface area (Å²) < 4.78 is 33.6. The number of rotatable bonds is 9. The van der Waals surface area contributed by atoms with Gasteiger partial charge in [-0.1, -0.05) is 48.0 Å². The predicted octanol–water partition coefficient (Wildman–Crippen LogP) is 4.00. The van der Waals surface area contributed by atoms with Gasteiger partial charge in [-0.2, -0.15) is 0 Å². The maximum Gasteiger partial charge on any atom is 0.264 e. The number of carbonyl (C=O) groups excluding carboxylic acids is 1. The molecule has 0 unspecified atom stereocenters.